The Balaban J connectivity index is 1.75. The van der Waals surface area contributed by atoms with Gasteiger partial charge in [0.1, 0.15) is 0 Å². The third kappa shape index (κ3) is 6.84. The molecule has 1 fully saturated rings. The largest absolute Gasteiger partial charge is 0.352 e. The van der Waals surface area contributed by atoms with Crippen LogP contribution >= 0.6 is 0 Å². The first-order valence-corrected chi connectivity index (χ1v) is 11.7. The Labute approximate surface area is 169 Å². The number of amides is 1. The Kier molecular flexibility index (Phi) is 8.88. The molecule has 1 saturated heterocycles. The van der Waals surface area contributed by atoms with Gasteiger partial charge in [0.2, 0.25) is 10.0 Å². The van der Waals surface area contributed by atoms with Crippen molar-refractivity contribution in [2.75, 3.05) is 45.8 Å². The molecule has 8 heteroatoms. The zero-order valence-electron chi connectivity index (χ0n) is 17.3. The Morgan fingerprint density at radius 3 is 2.25 bits per heavy atom. The summed E-state index contributed by atoms with van der Waals surface area (Å²) in [6.07, 6.45) is 1.62. The van der Waals surface area contributed by atoms with Crippen LogP contribution in [0.5, 0.6) is 0 Å². The summed E-state index contributed by atoms with van der Waals surface area (Å²) in [6.45, 7) is 13.0. The molecule has 0 spiro atoms. The van der Waals surface area contributed by atoms with Crippen LogP contribution in [0.25, 0.3) is 0 Å². The molecule has 2 N–H and O–H groups in total. The molecule has 0 aromatic heterocycles. The van der Waals surface area contributed by atoms with Gasteiger partial charge in [-0.3, -0.25) is 4.79 Å². The van der Waals surface area contributed by atoms with Gasteiger partial charge in [-0.05, 0) is 57.1 Å². The van der Waals surface area contributed by atoms with Crippen LogP contribution in [0.4, 0.5) is 0 Å². The molecule has 1 aliphatic rings. The van der Waals surface area contributed by atoms with E-state index in [1.807, 2.05) is 13.8 Å². The minimum Gasteiger partial charge on any atom is -0.352 e. The molecule has 7 nitrogen and oxygen atoms in total. The van der Waals surface area contributed by atoms with Crippen molar-refractivity contribution in [2.24, 2.45) is 0 Å². The Bertz CT molecular complexity index is 713. The van der Waals surface area contributed by atoms with Crippen LogP contribution in [0, 0.1) is 0 Å². The van der Waals surface area contributed by atoms with Crippen molar-refractivity contribution in [1.29, 1.82) is 0 Å². The fraction of sp³-hybridized carbons (Fsp3) is 0.650. The van der Waals surface area contributed by atoms with E-state index >= 15 is 0 Å². The van der Waals surface area contributed by atoms with Crippen molar-refractivity contribution in [2.45, 2.75) is 44.6 Å². The van der Waals surface area contributed by atoms with Gasteiger partial charge < -0.3 is 15.1 Å². The van der Waals surface area contributed by atoms with Gasteiger partial charge in [-0.25, -0.2) is 13.1 Å². The van der Waals surface area contributed by atoms with Crippen LogP contribution in [0.1, 0.15) is 44.0 Å². The summed E-state index contributed by atoms with van der Waals surface area (Å²) in [5.41, 5.74) is 0.471. The molecule has 1 atom stereocenters. The summed E-state index contributed by atoms with van der Waals surface area (Å²) in [4.78, 5) is 17.3. The highest BCUT2D eigenvalue weighted by molar-refractivity contribution is 7.89. The second-order valence-corrected chi connectivity index (χ2v) is 9.05. The Hall–Kier alpha value is -1.48. The standard InChI is InChI=1S/C20H34N4O3S/c1-4-17(3)22-28(26,27)19-9-7-18(8-10-19)20(25)21-11-6-12-24-15-13-23(5-2)14-16-24/h7-10,17,22H,4-6,11-16H2,1-3H3,(H,21,25). The number of hydrogen-bond acceptors (Lipinski definition) is 5. The maximum atomic E-state index is 12.3. The lowest BCUT2D eigenvalue weighted by Gasteiger charge is -2.33. The summed E-state index contributed by atoms with van der Waals surface area (Å²) in [5, 5.41) is 2.92. The molecule has 0 aliphatic carbocycles. The number of nitrogens with one attached hydrogen (secondary N) is 2. The molecule has 1 aliphatic heterocycles. The first-order chi connectivity index (χ1) is 13.4. The molecule has 0 bridgehead atoms. The number of rotatable bonds is 10. The number of nitrogens with zero attached hydrogens (tertiary/aromatic N) is 2. The molecular formula is C20H34N4O3S. The van der Waals surface area contributed by atoms with E-state index in [2.05, 4.69) is 26.8 Å². The zero-order valence-corrected chi connectivity index (χ0v) is 18.1. The van der Waals surface area contributed by atoms with Crippen molar-refractivity contribution in [1.82, 2.24) is 19.8 Å². The van der Waals surface area contributed by atoms with E-state index < -0.39 is 10.0 Å². The van der Waals surface area contributed by atoms with Crippen molar-refractivity contribution < 1.29 is 13.2 Å². The monoisotopic (exact) mass is 410 g/mol. The highest BCUT2D eigenvalue weighted by Crippen LogP contribution is 2.12. The van der Waals surface area contributed by atoms with Crippen LogP contribution in [0.15, 0.2) is 29.2 Å². The summed E-state index contributed by atoms with van der Waals surface area (Å²) >= 11 is 0. The maximum Gasteiger partial charge on any atom is 0.251 e. The minimum atomic E-state index is -3.54. The van der Waals surface area contributed by atoms with Gasteiger partial charge in [-0.1, -0.05) is 13.8 Å². The van der Waals surface area contributed by atoms with Gasteiger partial charge >= 0.3 is 0 Å². The maximum absolute atomic E-state index is 12.3. The molecule has 1 heterocycles. The molecule has 1 aromatic rings. The third-order valence-electron chi connectivity index (χ3n) is 5.24. The van der Waals surface area contributed by atoms with E-state index in [4.69, 9.17) is 0 Å². The molecule has 0 saturated carbocycles. The normalized spacial score (nSPS) is 17.4. The highest BCUT2D eigenvalue weighted by Gasteiger charge is 2.17. The first-order valence-electron chi connectivity index (χ1n) is 10.2. The van der Waals surface area contributed by atoms with Crippen LogP contribution in [0.2, 0.25) is 0 Å². The van der Waals surface area contributed by atoms with Crippen LogP contribution in [0.3, 0.4) is 0 Å². The molecule has 0 radical (unpaired) electrons. The van der Waals surface area contributed by atoms with Gasteiger partial charge in [0.05, 0.1) is 4.90 Å². The van der Waals surface area contributed by atoms with E-state index in [0.717, 1.165) is 45.7 Å². The molecule has 1 aromatic carbocycles. The topological polar surface area (TPSA) is 81.7 Å². The van der Waals surface area contributed by atoms with Crippen molar-refractivity contribution >= 4 is 15.9 Å². The Morgan fingerprint density at radius 1 is 1.07 bits per heavy atom. The number of carbonyl (C=O) groups excluding carboxylic acids is 1. The van der Waals surface area contributed by atoms with Crippen molar-refractivity contribution in [3.05, 3.63) is 29.8 Å². The average Bonchev–Trinajstić information content (AvgIpc) is 2.71. The quantitative estimate of drug-likeness (QED) is 0.572. The predicted octanol–water partition coefficient (Wildman–Crippen LogP) is 1.52. The average molecular weight is 411 g/mol. The number of piperazine rings is 1. The van der Waals surface area contributed by atoms with Crippen LogP contribution in [-0.2, 0) is 10.0 Å². The fourth-order valence-electron chi connectivity index (χ4n) is 3.14. The molecule has 1 unspecified atom stereocenters. The number of benzene rings is 1. The molecule has 28 heavy (non-hydrogen) atoms. The second-order valence-electron chi connectivity index (χ2n) is 7.34. The lowest BCUT2D eigenvalue weighted by Crippen LogP contribution is -2.46. The SMILES string of the molecule is CCC(C)NS(=O)(=O)c1ccc(C(=O)NCCCN2CCN(CC)CC2)cc1. The Morgan fingerprint density at radius 2 is 1.68 bits per heavy atom. The molecule has 2 rings (SSSR count). The number of hydrogen-bond donors (Lipinski definition) is 2. The molecule has 1 amide bonds. The van der Waals surface area contributed by atoms with E-state index in [0.29, 0.717) is 18.5 Å². The highest BCUT2D eigenvalue weighted by atomic mass is 32.2. The molecular weight excluding hydrogens is 376 g/mol. The summed E-state index contributed by atoms with van der Waals surface area (Å²) in [7, 11) is -3.54. The number of sulfonamides is 1. The summed E-state index contributed by atoms with van der Waals surface area (Å²) < 4.78 is 27.1. The van der Waals surface area contributed by atoms with E-state index in [9.17, 15) is 13.2 Å². The van der Waals surface area contributed by atoms with E-state index in [1.54, 1.807) is 12.1 Å². The predicted molar refractivity (Wildman–Crippen MR) is 112 cm³/mol. The smallest absolute Gasteiger partial charge is 0.251 e. The van der Waals surface area contributed by atoms with Crippen LogP contribution in [-0.4, -0.2) is 76.0 Å². The van der Waals surface area contributed by atoms with E-state index in [-0.39, 0.29) is 16.8 Å². The van der Waals surface area contributed by atoms with Crippen molar-refractivity contribution in [3.8, 4) is 0 Å². The van der Waals surface area contributed by atoms with Crippen LogP contribution < -0.4 is 10.0 Å². The lowest BCUT2D eigenvalue weighted by atomic mass is 10.2. The summed E-state index contributed by atoms with van der Waals surface area (Å²) in [5.74, 6) is -0.172. The van der Waals surface area contributed by atoms with Gasteiger partial charge in [0.15, 0.2) is 0 Å². The van der Waals surface area contributed by atoms with Gasteiger partial charge in [0.25, 0.3) is 5.91 Å². The summed E-state index contributed by atoms with van der Waals surface area (Å²) in [6, 6.07) is 5.95. The fourth-order valence-corrected chi connectivity index (χ4v) is 4.46. The number of carbonyl (C=O) groups is 1. The minimum absolute atomic E-state index is 0.127. The van der Waals surface area contributed by atoms with Crippen molar-refractivity contribution in [3.63, 3.8) is 0 Å². The second kappa shape index (κ2) is 10.9. The zero-order chi connectivity index (χ0) is 20.6. The van der Waals surface area contributed by atoms with Gasteiger partial charge in [0, 0.05) is 44.3 Å². The first kappa shape index (κ1) is 22.8. The van der Waals surface area contributed by atoms with Gasteiger partial charge in [-0.15, -0.1) is 0 Å². The lowest BCUT2D eigenvalue weighted by molar-refractivity contribution is 0.0948. The van der Waals surface area contributed by atoms with E-state index in [1.165, 1.54) is 12.1 Å². The van der Waals surface area contributed by atoms with Gasteiger partial charge in [-0.2, -0.15) is 0 Å². The number of likely N-dealkylation sites (N-methyl/N-ethyl adjacent to an activating group) is 1. The molecule has 158 valence electrons. The third-order valence-corrected chi connectivity index (χ3v) is 6.85.